The highest BCUT2D eigenvalue weighted by Gasteiger charge is 2.13. The minimum Gasteiger partial charge on any atom is -0.496 e. The molecule has 0 unspecified atom stereocenters. The summed E-state index contributed by atoms with van der Waals surface area (Å²) in [4.78, 5) is 14.6. The first-order valence-electron chi connectivity index (χ1n) is 5.19. The van der Waals surface area contributed by atoms with Crippen LogP contribution < -0.4 is 4.74 Å². The van der Waals surface area contributed by atoms with Crippen LogP contribution in [0.25, 0.3) is 10.9 Å². The number of carbonyl (C=O) groups is 1. The first kappa shape index (κ1) is 12.0. The van der Waals surface area contributed by atoms with E-state index in [2.05, 4.69) is 20.9 Å². The van der Waals surface area contributed by atoms with Gasteiger partial charge in [-0.1, -0.05) is 15.9 Å². The Morgan fingerprint density at radius 2 is 2.18 bits per heavy atom. The van der Waals surface area contributed by atoms with Crippen molar-refractivity contribution in [2.45, 2.75) is 6.92 Å². The molecule has 0 bridgehead atoms. The van der Waals surface area contributed by atoms with Gasteiger partial charge in [-0.25, -0.2) is 4.79 Å². The normalized spacial score (nSPS) is 10.5. The van der Waals surface area contributed by atoms with Crippen molar-refractivity contribution >= 4 is 32.8 Å². The number of aromatic nitrogens is 1. The fourth-order valence-electron chi connectivity index (χ4n) is 1.66. The summed E-state index contributed by atoms with van der Waals surface area (Å²) >= 11 is 3.38. The number of H-pyrrole nitrogens is 1. The van der Waals surface area contributed by atoms with Crippen molar-refractivity contribution < 1.29 is 14.3 Å². The molecule has 0 amide bonds. The zero-order valence-corrected chi connectivity index (χ0v) is 11.1. The summed E-state index contributed by atoms with van der Waals surface area (Å²) in [5.74, 6) is 0.350. The van der Waals surface area contributed by atoms with Gasteiger partial charge in [0.15, 0.2) is 0 Å². The van der Waals surface area contributed by atoms with Gasteiger partial charge < -0.3 is 14.5 Å². The Kier molecular flexibility index (Phi) is 3.38. The van der Waals surface area contributed by atoms with Crippen LogP contribution in [0.1, 0.15) is 17.4 Å². The van der Waals surface area contributed by atoms with E-state index in [1.807, 2.05) is 12.1 Å². The fraction of sp³-hybridized carbons (Fsp3) is 0.250. The second-order valence-corrected chi connectivity index (χ2v) is 4.39. The zero-order valence-electron chi connectivity index (χ0n) is 9.54. The maximum absolute atomic E-state index is 11.6. The van der Waals surface area contributed by atoms with E-state index < -0.39 is 0 Å². The van der Waals surface area contributed by atoms with Crippen molar-refractivity contribution in [1.29, 1.82) is 0 Å². The van der Waals surface area contributed by atoms with Crippen LogP contribution in [-0.2, 0) is 4.74 Å². The monoisotopic (exact) mass is 297 g/mol. The van der Waals surface area contributed by atoms with E-state index in [0.717, 1.165) is 15.4 Å². The number of methoxy groups -OCH3 is 1. The van der Waals surface area contributed by atoms with Crippen LogP contribution in [-0.4, -0.2) is 24.7 Å². The van der Waals surface area contributed by atoms with Crippen LogP contribution in [0.3, 0.4) is 0 Å². The number of ether oxygens (including phenoxy) is 2. The molecule has 5 heteroatoms. The van der Waals surface area contributed by atoms with Crippen molar-refractivity contribution in [1.82, 2.24) is 4.98 Å². The van der Waals surface area contributed by atoms with Gasteiger partial charge in [0.25, 0.3) is 0 Å². The average Bonchev–Trinajstić information content (AvgIpc) is 2.71. The van der Waals surface area contributed by atoms with Crippen LogP contribution in [0.15, 0.2) is 22.7 Å². The Balaban J connectivity index is 2.53. The minimum absolute atomic E-state index is 0.356. The Labute approximate surface area is 107 Å². The largest absolute Gasteiger partial charge is 0.496 e. The third-order valence-corrected chi connectivity index (χ3v) is 2.84. The van der Waals surface area contributed by atoms with Gasteiger partial charge in [0.1, 0.15) is 11.4 Å². The highest BCUT2D eigenvalue weighted by molar-refractivity contribution is 9.10. The Hall–Kier alpha value is -1.49. The van der Waals surface area contributed by atoms with Gasteiger partial charge in [-0.15, -0.1) is 0 Å². The molecule has 0 aliphatic heterocycles. The van der Waals surface area contributed by atoms with E-state index in [4.69, 9.17) is 9.47 Å². The molecule has 17 heavy (non-hydrogen) atoms. The Bertz CT molecular complexity index is 562. The van der Waals surface area contributed by atoms with E-state index in [9.17, 15) is 4.79 Å². The molecule has 0 atom stereocenters. The molecule has 1 aromatic carbocycles. The number of halogens is 1. The van der Waals surface area contributed by atoms with Crippen LogP contribution in [0, 0.1) is 0 Å². The summed E-state index contributed by atoms with van der Waals surface area (Å²) in [6, 6.07) is 5.48. The molecular weight excluding hydrogens is 286 g/mol. The van der Waals surface area contributed by atoms with Crippen molar-refractivity contribution in [3.8, 4) is 5.75 Å². The molecule has 1 N–H and O–H groups in total. The SMILES string of the molecule is CCOC(=O)c1cc2c(OC)cc(Br)cc2[nH]1. The summed E-state index contributed by atoms with van der Waals surface area (Å²) in [7, 11) is 1.60. The Morgan fingerprint density at radius 3 is 2.82 bits per heavy atom. The summed E-state index contributed by atoms with van der Waals surface area (Å²) in [6.07, 6.45) is 0. The number of hydrogen-bond acceptors (Lipinski definition) is 3. The molecule has 1 heterocycles. The predicted octanol–water partition coefficient (Wildman–Crippen LogP) is 3.12. The number of carbonyl (C=O) groups excluding carboxylic acids is 1. The van der Waals surface area contributed by atoms with E-state index in [1.54, 1.807) is 20.1 Å². The zero-order chi connectivity index (χ0) is 12.4. The number of esters is 1. The van der Waals surface area contributed by atoms with Crippen molar-refractivity contribution in [2.24, 2.45) is 0 Å². The third-order valence-electron chi connectivity index (χ3n) is 2.38. The van der Waals surface area contributed by atoms with Crippen LogP contribution >= 0.6 is 15.9 Å². The quantitative estimate of drug-likeness (QED) is 0.886. The van der Waals surface area contributed by atoms with Gasteiger partial charge in [0.2, 0.25) is 0 Å². The highest BCUT2D eigenvalue weighted by atomic mass is 79.9. The van der Waals surface area contributed by atoms with Crippen molar-refractivity contribution in [3.05, 3.63) is 28.4 Å². The van der Waals surface area contributed by atoms with E-state index >= 15 is 0 Å². The molecule has 4 nitrogen and oxygen atoms in total. The smallest absolute Gasteiger partial charge is 0.354 e. The van der Waals surface area contributed by atoms with E-state index in [0.29, 0.717) is 18.1 Å². The lowest BCUT2D eigenvalue weighted by Crippen LogP contribution is -2.04. The number of benzene rings is 1. The van der Waals surface area contributed by atoms with Crippen LogP contribution in [0.5, 0.6) is 5.75 Å². The fourth-order valence-corrected chi connectivity index (χ4v) is 2.10. The standard InChI is InChI=1S/C12H12BrNO3/c1-3-17-12(15)10-6-8-9(14-10)4-7(13)5-11(8)16-2/h4-6,14H,3H2,1-2H3. The van der Waals surface area contributed by atoms with Crippen molar-refractivity contribution in [3.63, 3.8) is 0 Å². The van der Waals surface area contributed by atoms with E-state index in [-0.39, 0.29) is 5.97 Å². The number of rotatable bonds is 3. The molecule has 1 aromatic heterocycles. The van der Waals surface area contributed by atoms with Crippen molar-refractivity contribution in [2.75, 3.05) is 13.7 Å². The molecule has 0 fully saturated rings. The van der Waals surface area contributed by atoms with Crippen LogP contribution in [0.4, 0.5) is 0 Å². The summed E-state index contributed by atoms with van der Waals surface area (Å²) in [6.45, 7) is 2.13. The molecule has 90 valence electrons. The number of aromatic amines is 1. The lowest BCUT2D eigenvalue weighted by atomic mass is 10.2. The third kappa shape index (κ3) is 2.29. The summed E-state index contributed by atoms with van der Waals surface area (Å²) in [5.41, 5.74) is 1.26. The second kappa shape index (κ2) is 4.79. The maximum atomic E-state index is 11.6. The molecule has 0 aliphatic carbocycles. The molecule has 0 spiro atoms. The molecule has 0 aliphatic rings. The van der Waals surface area contributed by atoms with Crippen LogP contribution in [0.2, 0.25) is 0 Å². The van der Waals surface area contributed by atoms with Gasteiger partial charge in [-0.2, -0.15) is 0 Å². The molecule has 0 saturated heterocycles. The number of nitrogens with one attached hydrogen (secondary N) is 1. The molecular formula is C12H12BrNO3. The van der Waals surface area contributed by atoms with Gasteiger partial charge in [-0.05, 0) is 25.1 Å². The Morgan fingerprint density at radius 1 is 1.41 bits per heavy atom. The summed E-state index contributed by atoms with van der Waals surface area (Å²) in [5, 5.41) is 0.860. The molecule has 2 rings (SSSR count). The average molecular weight is 298 g/mol. The van der Waals surface area contributed by atoms with Gasteiger partial charge in [0, 0.05) is 9.86 Å². The summed E-state index contributed by atoms with van der Waals surface area (Å²) < 4.78 is 11.1. The number of fused-ring (bicyclic) bond motifs is 1. The van der Waals surface area contributed by atoms with Gasteiger partial charge in [0.05, 0.1) is 19.2 Å². The first-order valence-corrected chi connectivity index (χ1v) is 5.98. The van der Waals surface area contributed by atoms with Gasteiger partial charge >= 0.3 is 5.97 Å². The maximum Gasteiger partial charge on any atom is 0.354 e. The lowest BCUT2D eigenvalue weighted by molar-refractivity contribution is 0.0520. The molecule has 2 aromatic rings. The second-order valence-electron chi connectivity index (χ2n) is 3.47. The molecule has 0 radical (unpaired) electrons. The number of hydrogen-bond donors (Lipinski definition) is 1. The first-order chi connectivity index (χ1) is 8.15. The van der Waals surface area contributed by atoms with Gasteiger partial charge in [-0.3, -0.25) is 0 Å². The van der Waals surface area contributed by atoms with E-state index in [1.165, 1.54) is 0 Å². The highest BCUT2D eigenvalue weighted by Crippen LogP contribution is 2.30. The predicted molar refractivity (Wildman–Crippen MR) is 68.5 cm³/mol. The molecule has 0 saturated carbocycles. The topological polar surface area (TPSA) is 51.3 Å². The minimum atomic E-state index is -0.359. The lowest BCUT2D eigenvalue weighted by Gasteiger charge is -2.01.